The molecule has 3 aromatic rings. The van der Waals surface area contributed by atoms with E-state index in [2.05, 4.69) is 28.6 Å². The Labute approximate surface area is 149 Å². The van der Waals surface area contributed by atoms with Crippen LogP contribution in [0.25, 0.3) is 5.00 Å². The van der Waals surface area contributed by atoms with E-state index in [1.54, 1.807) is 23.5 Å². The summed E-state index contributed by atoms with van der Waals surface area (Å²) in [4.78, 5) is 17.4. The number of thiophene rings is 1. The molecule has 0 fully saturated rings. The molecule has 0 atom stereocenters. The zero-order valence-corrected chi connectivity index (χ0v) is 15.0. The Morgan fingerprint density at radius 3 is 2.56 bits per heavy atom. The van der Waals surface area contributed by atoms with Crippen LogP contribution in [0, 0.1) is 20.8 Å². The summed E-state index contributed by atoms with van der Waals surface area (Å²) in [5.74, 6) is 1.27. The molecule has 1 amide bonds. The van der Waals surface area contributed by atoms with E-state index in [-0.39, 0.29) is 0 Å². The molecule has 0 unspecified atom stereocenters. The Morgan fingerprint density at radius 2 is 1.88 bits per heavy atom. The Hall–Kier alpha value is -2.80. The predicted molar refractivity (Wildman–Crippen MR) is 97.7 cm³/mol. The molecule has 0 saturated heterocycles. The third-order valence-electron chi connectivity index (χ3n) is 4.52. The minimum Gasteiger partial charge on any atom is -0.366 e. The summed E-state index contributed by atoms with van der Waals surface area (Å²) in [6, 6.07) is 7.28. The van der Waals surface area contributed by atoms with Gasteiger partial charge in [0.2, 0.25) is 5.91 Å². The lowest BCUT2D eigenvalue weighted by atomic mass is 9.99. The lowest BCUT2D eigenvalue weighted by Gasteiger charge is -2.09. The van der Waals surface area contributed by atoms with Crippen LogP contribution in [0.4, 0.5) is 0 Å². The summed E-state index contributed by atoms with van der Waals surface area (Å²) in [6.07, 6.45) is 0. The first kappa shape index (κ1) is 15.7. The van der Waals surface area contributed by atoms with Gasteiger partial charge in [-0.3, -0.25) is 14.4 Å². The molecule has 0 spiro atoms. The molecule has 4 rings (SSSR count). The Balaban J connectivity index is 1.93. The van der Waals surface area contributed by atoms with E-state index in [0.29, 0.717) is 12.1 Å². The van der Waals surface area contributed by atoms with Gasteiger partial charge in [0.1, 0.15) is 17.4 Å². The van der Waals surface area contributed by atoms with Crippen molar-refractivity contribution in [2.24, 2.45) is 10.7 Å². The zero-order chi connectivity index (χ0) is 17.7. The van der Waals surface area contributed by atoms with Gasteiger partial charge in [0, 0.05) is 21.6 Å². The molecule has 126 valence electrons. The predicted octanol–water partition coefficient (Wildman–Crippen LogP) is 2.70. The van der Waals surface area contributed by atoms with Gasteiger partial charge in [-0.05, 0) is 38.5 Å². The molecule has 0 aliphatic carbocycles. The molecule has 2 N–H and O–H groups in total. The number of nitrogens with zero attached hydrogens (tertiary/aromatic N) is 4. The van der Waals surface area contributed by atoms with E-state index in [4.69, 9.17) is 10.7 Å². The van der Waals surface area contributed by atoms with E-state index in [1.165, 1.54) is 10.4 Å². The van der Waals surface area contributed by atoms with Gasteiger partial charge in [0.05, 0.1) is 5.71 Å². The first-order valence-electron chi connectivity index (χ1n) is 7.93. The molecule has 2 aromatic heterocycles. The highest BCUT2D eigenvalue weighted by Crippen LogP contribution is 2.36. The third-order valence-corrected chi connectivity index (χ3v) is 5.71. The molecule has 1 aliphatic rings. The van der Waals surface area contributed by atoms with Crippen molar-refractivity contribution in [2.45, 2.75) is 27.3 Å². The molecule has 1 aromatic carbocycles. The second-order valence-corrected chi connectivity index (χ2v) is 7.27. The summed E-state index contributed by atoms with van der Waals surface area (Å²) < 4.78 is 2.09. The monoisotopic (exact) mass is 351 g/mol. The fraction of sp³-hybridized carbons (Fsp3) is 0.222. The number of amides is 1. The summed E-state index contributed by atoms with van der Waals surface area (Å²) in [7, 11) is 0. The van der Waals surface area contributed by atoms with Crippen LogP contribution in [0.2, 0.25) is 0 Å². The van der Waals surface area contributed by atoms with Crippen LogP contribution >= 0.6 is 11.3 Å². The van der Waals surface area contributed by atoms with E-state index in [0.717, 1.165) is 33.5 Å². The zero-order valence-electron chi connectivity index (χ0n) is 14.2. The van der Waals surface area contributed by atoms with Crippen molar-refractivity contribution in [1.82, 2.24) is 14.8 Å². The number of hydrogen-bond acceptors (Lipinski definition) is 5. The summed E-state index contributed by atoms with van der Waals surface area (Å²) >= 11 is 1.73. The van der Waals surface area contributed by atoms with Gasteiger partial charge >= 0.3 is 0 Å². The van der Waals surface area contributed by atoms with Gasteiger partial charge in [0.15, 0.2) is 5.82 Å². The lowest BCUT2D eigenvalue weighted by molar-refractivity contribution is 0.100. The first-order chi connectivity index (χ1) is 12.0. The van der Waals surface area contributed by atoms with Crippen molar-refractivity contribution >= 4 is 23.0 Å². The minimum atomic E-state index is -0.431. The molecule has 0 bridgehead atoms. The highest BCUT2D eigenvalue weighted by atomic mass is 32.1. The fourth-order valence-corrected chi connectivity index (χ4v) is 4.30. The van der Waals surface area contributed by atoms with Crippen LogP contribution in [0.1, 0.15) is 43.6 Å². The molecule has 0 radical (unpaired) electrons. The second kappa shape index (κ2) is 5.63. The van der Waals surface area contributed by atoms with Crippen LogP contribution in [0.5, 0.6) is 0 Å². The second-order valence-electron chi connectivity index (χ2n) is 6.07. The summed E-state index contributed by atoms with van der Waals surface area (Å²) in [5.41, 5.74) is 10.0. The molecule has 7 heteroatoms. The number of hydrogen-bond donors (Lipinski definition) is 1. The van der Waals surface area contributed by atoms with E-state index in [1.807, 2.05) is 19.1 Å². The first-order valence-corrected chi connectivity index (χ1v) is 8.75. The molecule has 0 saturated carbocycles. The van der Waals surface area contributed by atoms with E-state index < -0.39 is 5.91 Å². The SMILES string of the molecule is Cc1sc2c(c1C)C(c1ccc(C(N)=O)cc1)=NCc1nnc(C)n1-2. The number of aromatic nitrogens is 3. The fourth-order valence-electron chi connectivity index (χ4n) is 3.07. The number of rotatable bonds is 2. The summed E-state index contributed by atoms with van der Waals surface area (Å²) in [6.45, 7) is 6.65. The summed E-state index contributed by atoms with van der Waals surface area (Å²) in [5, 5.41) is 9.58. The maximum absolute atomic E-state index is 11.3. The average molecular weight is 351 g/mol. The number of primary amides is 1. The van der Waals surface area contributed by atoms with Gasteiger partial charge < -0.3 is 5.73 Å². The molecule has 1 aliphatic heterocycles. The van der Waals surface area contributed by atoms with Crippen LogP contribution in [0.3, 0.4) is 0 Å². The number of benzene rings is 1. The standard InChI is InChI=1S/C18H17N5OS/c1-9-10(2)25-18-15(9)16(12-4-6-13(7-5-12)17(19)24)20-8-14-22-21-11(3)23(14)18/h4-7H,8H2,1-3H3,(H2,19,24). The van der Waals surface area contributed by atoms with E-state index in [9.17, 15) is 4.79 Å². The van der Waals surface area contributed by atoms with Crippen molar-refractivity contribution in [3.05, 3.63) is 63.0 Å². The highest BCUT2D eigenvalue weighted by Gasteiger charge is 2.26. The Morgan fingerprint density at radius 1 is 1.16 bits per heavy atom. The van der Waals surface area contributed by atoms with Crippen LogP contribution in [-0.2, 0) is 6.54 Å². The van der Waals surface area contributed by atoms with Crippen LogP contribution in [-0.4, -0.2) is 26.4 Å². The highest BCUT2D eigenvalue weighted by molar-refractivity contribution is 7.15. The molecule has 6 nitrogen and oxygen atoms in total. The molecular weight excluding hydrogens is 334 g/mol. The average Bonchev–Trinajstić information content (AvgIpc) is 3.03. The van der Waals surface area contributed by atoms with Crippen molar-refractivity contribution in [3.8, 4) is 5.00 Å². The maximum atomic E-state index is 11.3. The number of fused-ring (bicyclic) bond motifs is 3. The molecular formula is C18H17N5OS. The smallest absolute Gasteiger partial charge is 0.248 e. The molecule has 3 heterocycles. The number of aryl methyl sites for hydroxylation is 2. The number of aliphatic imine (C=N–C) groups is 1. The molecule has 25 heavy (non-hydrogen) atoms. The Kier molecular flexibility index (Phi) is 3.54. The quantitative estimate of drug-likeness (QED) is 0.770. The van der Waals surface area contributed by atoms with Crippen LogP contribution in [0.15, 0.2) is 29.3 Å². The van der Waals surface area contributed by atoms with Crippen molar-refractivity contribution in [1.29, 1.82) is 0 Å². The van der Waals surface area contributed by atoms with Crippen LogP contribution < -0.4 is 5.73 Å². The topological polar surface area (TPSA) is 86.2 Å². The largest absolute Gasteiger partial charge is 0.366 e. The van der Waals surface area contributed by atoms with Gasteiger partial charge in [-0.1, -0.05) is 12.1 Å². The van der Waals surface area contributed by atoms with Gasteiger partial charge in [-0.25, -0.2) is 0 Å². The number of nitrogens with two attached hydrogens (primary N) is 1. The maximum Gasteiger partial charge on any atom is 0.248 e. The van der Waals surface area contributed by atoms with Crippen molar-refractivity contribution in [3.63, 3.8) is 0 Å². The number of carbonyl (C=O) groups excluding carboxylic acids is 1. The van der Waals surface area contributed by atoms with Gasteiger partial charge in [-0.15, -0.1) is 21.5 Å². The van der Waals surface area contributed by atoms with E-state index >= 15 is 0 Å². The third kappa shape index (κ3) is 2.39. The van der Waals surface area contributed by atoms with Gasteiger partial charge in [0.25, 0.3) is 0 Å². The lowest BCUT2D eigenvalue weighted by Crippen LogP contribution is -2.12. The Bertz CT molecular complexity index is 1030. The van der Waals surface area contributed by atoms with Gasteiger partial charge in [-0.2, -0.15) is 0 Å². The minimum absolute atomic E-state index is 0.431. The van der Waals surface area contributed by atoms with Crippen molar-refractivity contribution in [2.75, 3.05) is 0 Å². The normalized spacial score (nSPS) is 13.0. The van der Waals surface area contributed by atoms with Crippen molar-refractivity contribution < 1.29 is 4.79 Å². The number of carbonyl (C=O) groups is 1.